The zero-order valence-corrected chi connectivity index (χ0v) is 13.1. The van der Waals surface area contributed by atoms with Crippen LogP contribution in [0, 0.1) is 0 Å². The minimum atomic E-state index is -0.748. The van der Waals surface area contributed by atoms with Gasteiger partial charge < -0.3 is 14.4 Å². The third-order valence-corrected chi connectivity index (χ3v) is 3.82. The van der Waals surface area contributed by atoms with E-state index in [1.165, 1.54) is 18.4 Å². The molecule has 0 radical (unpaired) electrons. The summed E-state index contributed by atoms with van der Waals surface area (Å²) in [7, 11) is 6.81. The van der Waals surface area contributed by atoms with Crippen molar-refractivity contribution in [2.75, 3.05) is 33.2 Å². The van der Waals surface area contributed by atoms with Gasteiger partial charge >= 0.3 is 5.97 Å². The van der Waals surface area contributed by atoms with Crippen LogP contribution in [0.1, 0.15) is 18.7 Å². The van der Waals surface area contributed by atoms with Crippen molar-refractivity contribution in [3.05, 3.63) is 4.88 Å². The Morgan fingerprint density at radius 3 is 2.53 bits per heavy atom. The molecule has 0 aliphatic carbocycles. The zero-order valence-electron chi connectivity index (χ0n) is 12.2. The van der Waals surface area contributed by atoms with Gasteiger partial charge in [0, 0.05) is 20.6 Å². The summed E-state index contributed by atoms with van der Waals surface area (Å²) in [6, 6.07) is 0. The van der Waals surface area contributed by atoms with Gasteiger partial charge in [-0.2, -0.15) is 4.98 Å². The number of aromatic nitrogens is 1. The lowest BCUT2D eigenvalue weighted by atomic mass is 10.1. The summed E-state index contributed by atoms with van der Waals surface area (Å²) in [5, 5.41) is 4.02. The van der Waals surface area contributed by atoms with Gasteiger partial charge in [-0.25, -0.2) is 0 Å². The fourth-order valence-electron chi connectivity index (χ4n) is 1.42. The van der Waals surface area contributed by atoms with Gasteiger partial charge in [0.25, 0.3) is 0 Å². The Hall–Kier alpha value is -1.34. The van der Waals surface area contributed by atoms with Crippen molar-refractivity contribution < 1.29 is 14.3 Å². The normalized spacial score (nSPS) is 11.3. The Kier molecular flexibility index (Phi) is 5.13. The average Bonchev–Trinajstić information content (AvgIpc) is 2.78. The van der Waals surface area contributed by atoms with E-state index in [0.717, 1.165) is 10.0 Å². The largest absolute Gasteiger partial charge is 0.480 e. The molecule has 1 heterocycles. The van der Waals surface area contributed by atoms with E-state index in [-0.39, 0.29) is 5.97 Å². The highest BCUT2D eigenvalue weighted by Crippen LogP contribution is 2.30. The molecule has 0 aliphatic heterocycles. The summed E-state index contributed by atoms with van der Waals surface area (Å²) < 4.78 is 9.99. The molecule has 7 heteroatoms. The fraction of sp³-hybridized carbons (Fsp3) is 0.667. The summed E-state index contributed by atoms with van der Waals surface area (Å²) in [6.07, 6.45) is 0. The van der Waals surface area contributed by atoms with Crippen molar-refractivity contribution >= 4 is 22.4 Å². The second-order valence-corrected chi connectivity index (χ2v) is 5.86. The smallest absolute Gasteiger partial charge is 0.325 e. The lowest BCUT2D eigenvalue weighted by Crippen LogP contribution is -2.46. The maximum Gasteiger partial charge on any atom is 0.325 e. The van der Waals surface area contributed by atoms with Gasteiger partial charge in [0.1, 0.15) is 5.54 Å². The Bertz CT molecular complexity index is 443. The Balaban J connectivity index is 2.80. The Labute approximate surface area is 117 Å². The van der Waals surface area contributed by atoms with Crippen LogP contribution in [-0.2, 0) is 16.1 Å². The van der Waals surface area contributed by atoms with Gasteiger partial charge in [0.2, 0.25) is 5.88 Å². The maximum absolute atomic E-state index is 11.6. The standard InChI is InChI=1S/C12H21N3O3S/c1-12(2,10(16)18-6)13-7-8-9(17-5)14-11(19-8)15(3)4/h13H,7H2,1-6H3. The maximum atomic E-state index is 11.6. The van der Waals surface area contributed by atoms with Gasteiger partial charge in [-0.05, 0) is 13.8 Å². The molecule has 1 N–H and O–H groups in total. The van der Waals surface area contributed by atoms with E-state index < -0.39 is 5.54 Å². The van der Waals surface area contributed by atoms with Gasteiger partial charge in [0.05, 0.1) is 19.1 Å². The molecule has 0 bridgehead atoms. The van der Waals surface area contributed by atoms with Crippen LogP contribution in [0.25, 0.3) is 0 Å². The quantitative estimate of drug-likeness (QED) is 0.795. The first kappa shape index (κ1) is 15.7. The third-order valence-electron chi connectivity index (χ3n) is 2.61. The number of rotatable bonds is 6. The number of ether oxygens (including phenoxy) is 2. The number of anilines is 1. The average molecular weight is 287 g/mol. The molecule has 0 spiro atoms. The van der Waals surface area contributed by atoms with E-state index >= 15 is 0 Å². The van der Waals surface area contributed by atoms with E-state index in [9.17, 15) is 4.79 Å². The number of methoxy groups -OCH3 is 2. The number of carbonyl (C=O) groups excluding carboxylic acids is 1. The highest BCUT2D eigenvalue weighted by Gasteiger charge is 2.28. The highest BCUT2D eigenvalue weighted by molar-refractivity contribution is 7.15. The van der Waals surface area contributed by atoms with Gasteiger partial charge in [-0.3, -0.25) is 10.1 Å². The Morgan fingerprint density at radius 1 is 1.42 bits per heavy atom. The monoisotopic (exact) mass is 287 g/mol. The summed E-state index contributed by atoms with van der Waals surface area (Å²) in [4.78, 5) is 18.8. The van der Waals surface area contributed by atoms with Crippen molar-refractivity contribution in [1.82, 2.24) is 10.3 Å². The molecule has 0 amide bonds. The first-order chi connectivity index (χ1) is 8.81. The number of hydrogen-bond acceptors (Lipinski definition) is 7. The predicted molar refractivity (Wildman–Crippen MR) is 75.9 cm³/mol. The summed E-state index contributed by atoms with van der Waals surface area (Å²) in [6.45, 7) is 4.05. The van der Waals surface area contributed by atoms with Crippen molar-refractivity contribution in [2.45, 2.75) is 25.9 Å². The van der Waals surface area contributed by atoms with Crippen LogP contribution in [0.3, 0.4) is 0 Å². The molecule has 0 unspecified atom stereocenters. The van der Waals surface area contributed by atoms with Crippen molar-refractivity contribution in [2.24, 2.45) is 0 Å². The predicted octanol–water partition coefficient (Wildman–Crippen LogP) is 1.26. The molecule has 0 saturated heterocycles. The van der Waals surface area contributed by atoms with Crippen molar-refractivity contribution in [3.63, 3.8) is 0 Å². The van der Waals surface area contributed by atoms with Crippen LogP contribution >= 0.6 is 11.3 Å². The second kappa shape index (κ2) is 6.21. The minimum Gasteiger partial charge on any atom is -0.480 e. The topological polar surface area (TPSA) is 63.7 Å². The molecule has 0 aliphatic rings. The van der Waals surface area contributed by atoms with Crippen molar-refractivity contribution in [1.29, 1.82) is 0 Å². The number of nitrogens with zero attached hydrogens (tertiary/aromatic N) is 2. The molecule has 1 rings (SSSR count). The summed E-state index contributed by atoms with van der Waals surface area (Å²) >= 11 is 1.53. The lowest BCUT2D eigenvalue weighted by molar-refractivity contribution is -0.147. The Morgan fingerprint density at radius 2 is 2.05 bits per heavy atom. The van der Waals surface area contributed by atoms with E-state index in [4.69, 9.17) is 9.47 Å². The first-order valence-corrected chi connectivity index (χ1v) is 6.68. The van der Waals surface area contributed by atoms with Crippen LogP contribution in [0.2, 0.25) is 0 Å². The molecule has 0 fully saturated rings. The van der Waals surface area contributed by atoms with Gasteiger partial charge in [-0.1, -0.05) is 11.3 Å². The molecular formula is C12H21N3O3S. The lowest BCUT2D eigenvalue weighted by Gasteiger charge is -2.22. The molecule has 1 aromatic heterocycles. The number of esters is 1. The second-order valence-electron chi connectivity index (χ2n) is 4.79. The fourth-order valence-corrected chi connectivity index (χ4v) is 2.31. The number of hydrogen-bond donors (Lipinski definition) is 1. The van der Waals surface area contributed by atoms with Crippen LogP contribution < -0.4 is 15.0 Å². The molecule has 6 nitrogen and oxygen atoms in total. The minimum absolute atomic E-state index is 0.302. The molecular weight excluding hydrogens is 266 g/mol. The number of nitrogens with one attached hydrogen (secondary N) is 1. The first-order valence-electron chi connectivity index (χ1n) is 5.86. The molecule has 108 valence electrons. The number of carbonyl (C=O) groups is 1. The third kappa shape index (κ3) is 3.81. The van der Waals surface area contributed by atoms with E-state index in [0.29, 0.717) is 12.4 Å². The van der Waals surface area contributed by atoms with Gasteiger partial charge in [-0.15, -0.1) is 0 Å². The highest BCUT2D eigenvalue weighted by atomic mass is 32.1. The number of thiazole rings is 1. The molecule has 0 saturated carbocycles. The molecule has 0 aromatic carbocycles. The van der Waals surface area contributed by atoms with Gasteiger partial charge in [0.15, 0.2) is 5.13 Å². The van der Waals surface area contributed by atoms with Crippen LogP contribution in [-0.4, -0.2) is 44.8 Å². The van der Waals surface area contributed by atoms with Crippen molar-refractivity contribution in [3.8, 4) is 5.88 Å². The van der Waals surface area contributed by atoms with E-state index in [1.807, 2.05) is 19.0 Å². The van der Waals surface area contributed by atoms with E-state index in [1.54, 1.807) is 21.0 Å². The van der Waals surface area contributed by atoms with Crippen LogP contribution in [0.4, 0.5) is 5.13 Å². The molecule has 19 heavy (non-hydrogen) atoms. The molecule has 1 aromatic rings. The zero-order chi connectivity index (χ0) is 14.6. The molecule has 0 atom stereocenters. The summed E-state index contributed by atoms with van der Waals surface area (Å²) in [5.74, 6) is 0.283. The van der Waals surface area contributed by atoms with Crippen LogP contribution in [0.5, 0.6) is 5.88 Å². The summed E-state index contributed by atoms with van der Waals surface area (Å²) in [5.41, 5.74) is -0.748. The van der Waals surface area contributed by atoms with E-state index in [2.05, 4.69) is 10.3 Å². The van der Waals surface area contributed by atoms with Crippen LogP contribution in [0.15, 0.2) is 0 Å². The SMILES string of the molecule is COC(=O)C(C)(C)NCc1sc(N(C)C)nc1OC.